The predicted octanol–water partition coefficient (Wildman–Crippen LogP) is 3.08. The van der Waals surface area contributed by atoms with Gasteiger partial charge in [0, 0.05) is 39.0 Å². The molecule has 1 aliphatic rings. The van der Waals surface area contributed by atoms with Crippen molar-refractivity contribution in [1.82, 2.24) is 4.90 Å². The molecule has 0 aromatic heterocycles. The Balaban J connectivity index is 1.77. The van der Waals surface area contributed by atoms with E-state index >= 15 is 0 Å². The van der Waals surface area contributed by atoms with Crippen molar-refractivity contribution in [3.63, 3.8) is 0 Å². The molecule has 0 aliphatic heterocycles. The van der Waals surface area contributed by atoms with Gasteiger partial charge in [-0.05, 0) is 95.4 Å². The molecule has 8 heteroatoms. The number of aliphatic hydroxyl groups excluding tert-OH is 2. The van der Waals surface area contributed by atoms with E-state index in [2.05, 4.69) is 23.5 Å². The number of carbonyl (C=O) groups is 2. The third-order valence-corrected chi connectivity index (χ3v) is 6.00. The Morgan fingerprint density at radius 3 is 2.54 bits per heavy atom. The van der Waals surface area contributed by atoms with Crippen LogP contribution in [-0.4, -0.2) is 78.1 Å². The highest BCUT2D eigenvalue weighted by molar-refractivity contribution is 5.88. The van der Waals surface area contributed by atoms with Crippen molar-refractivity contribution in [3.8, 4) is 0 Å². The number of unbranched alkanes of at least 4 members (excludes halogenated alkanes) is 3. The van der Waals surface area contributed by atoms with Crippen LogP contribution in [0.15, 0.2) is 18.2 Å². The lowest BCUT2D eigenvalue weighted by Crippen LogP contribution is -2.50. The highest BCUT2D eigenvalue weighted by Crippen LogP contribution is 2.25. The molecular weight excluding hydrogens is 448 g/mol. The molecule has 8 nitrogen and oxygen atoms in total. The van der Waals surface area contributed by atoms with Crippen molar-refractivity contribution in [2.45, 2.75) is 89.9 Å². The van der Waals surface area contributed by atoms with Gasteiger partial charge in [0.1, 0.15) is 5.60 Å². The lowest BCUT2D eigenvalue weighted by atomic mass is 10.1. The van der Waals surface area contributed by atoms with Gasteiger partial charge in [-0.2, -0.15) is 0 Å². The molecule has 2 atom stereocenters. The number of aliphatic hydroxyl groups is 2. The third-order valence-electron chi connectivity index (χ3n) is 6.00. The van der Waals surface area contributed by atoms with Crippen LogP contribution >= 0.6 is 0 Å². The van der Waals surface area contributed by atoms with Crippen molar-refractivity contribution in [2.24, 2.45) is 0 Å². The average Bonchev–Trinajstić information content (AvgIpc) is 3.27. The Labute approximate surface area is 210 Å². The van der Waals surface area contributed by atoms with Crippen LogP contribution in [0.25, 0.3) is 0 Å². The van der Waals surface area contributed by atoms with E-state index in [0.29, 0.717) is 19.4 Å². The molecule has 1 aromatic carbocycles. The van der Waals surface area contributed by atoms with E-state index in [1.54, 1.807) is 27.8 Å². The highest BCUT2D eigenvalue weighted by Gasteiger charge is 2.37. The fraction of sp³-hybridized carbons (Fsp3) is 0.704. The number of esters is 1. The normalized spacial score (nSPS) is 14.8. The largest absolute Gasteiger partial charge is 0.458 e. The van der Waals surface area contributed by atoms with E-state index in [9.17, 15) is 14.7 Å². The fourth-order valence-corrected chi connectivity index (χ4v) is 4.10. The average molecular weight is 493 g/mol. The van der Waals surface area contributed by atoms with E-state index in [0.717, 1.165) is 31.5 Å². The van der Waals surface area contributed by atoms with Crippen LogP contribution in [0.3, 0.4) is 0 Å². The summed E-state index contributed by atoms with van der Waals surface area (Å²) in [5.41, 5.74) is 3.30. The van der Waals surface area contributed by atoms with E-state index in [1.165, 1.54) is 35.3 Å². The molecule has 1 amide bonds. The Morgan fingerprint density at radius 2 is 1.83 bits per heavy atom. The predicted molar refractivity (Wildman–Crippen MR) is 136 cm³/mol. The maximum atomic E-state index is 13.0. The molecule has 198 valence electrons. The Morgan fingerprint density at radius 1 is 1.09 bits per heavy atom. The van der Waals surface area contributed by atoms with Gasteiger partial charge in [0.15, 0.2) is 12.2 Å². The zero-order valence-electron chi connectivity index (χ0n) is 21.8. The zero-order chi connectivity index (χ0) is 25.8. The van der Waals surface area contributed by atoms with E-state index in [-0.39, 0.29) is 13.2 Å². The summed E-state index contributed by atoms with van der Waals surface area (Å²) in [4.78, 5) is 26.8. The number of aryl methyl sites for hydroxylation is 2. The molecule has 1 aliphatic carbocycles. The topological polar surface area (TPSA) is 108 Å². The second kappa shape index (κ2) is 14.4. The molecule has 35 heavy (non-hydrogen) atoms. The number of anilines is 1. The van der Waals surface area contributed by atoms with Crippen LogP contribution in [0.5, 0.6) is 0 Å². The van der Waals surface area contributed by atoms with Crippen LogP contribution in [0.1, 0.15) is 70.4 Å². The Bertz CT molecular complexity index is 807. The molecule has 0 heterocycles. The van der Waals surface area contributed by atoms with Crippen LogP contribution < -0.4 is 5.32 Å². The Hall–Kier alpha value is -2.16. The number of carbonyl (C=O) groups excluding carboxylic acids is 2. The molecular formula is C27H44N2O6. The maximum Gasteiger partial charge on any atom is 0.338 e. The minimum Gasteiger partial charge on any atom is -0.458 e. The van der Waals surface area contributed by atoms with Crippen LogP contribution in [0.4, 0.5) is 5.69 Å². The summed E-state index contributed by atoms with van der Waals surface area (Å²) >= 11 is 0. The number of hydrogen-bond donors (Lipinski definition) is 3. The molecule has 1 aromatic rings. The number of fused-ring (bicyclic) bond motifs is 1. The molecule has 0 spiro atoms. The van der Waals surface area contributed by atoms with Crippen molar-refractivity contribution in [2.75, 3.05) is 38.7 Å². The highest BCUT2D eigenvalue weighted by atomic mass is 16.6. The number of rotatable bonds is 15. The van der Waals surface area contributed by atoms with Gasteiger partial charge in [0.25, 0.3) is 5.91 Å². The van der Waals surface area contributed by atoms with Gasteiger partial charge in [-0.15, -0.1) is 0 Å². The van der Waals surface area contributed by atoms with Crippen molar-refractivity contribution >= 4 is 17.6 Å². The maximum absolute atomic E-state index is 13.0. The molecule has 0 unspecified atom stereocenters. The van der Waals surface area contributed by atoms with Gasteiger partial charge in [-0.25, -0.2) is 4.79 Å². The van der Waals surface area contributed by atoms with Crippen LogP contribution in [-0.2, 0) is 31.9 Å². The minimum absolute atomic E-state index is 0.0117. The van der Waals surface area contributed by atoms with Crippen LogP contribution in [0, 0.1) is 0 Å². The molecule has 3 N–H and O–H groups in total. The minimum atomic E-state index is -1.71. The molecule has 0 saturated heterocycles. The van der Waals surface area contributed by atoms with Gasteiger partial charge in [0.05, 0.1) is 0 Å². The number of nitrogens with zero attached hydrogens (tertiary/aromatic N) is 1. The summed E-state index contributed by atoms with van der Waals surface area (Å²) < 4.78 is 10.8. The Kier molecular flexibility index (Phi) is 12.0. The number of ether oxygens (including phenoxy) is 2. The first-order chi connectivity index (χ1) is 16.6. The van der Waals surface area contributed by atoms with Crippen molar-refractivity contribution in [1.29, 1.82) is 0 Å². The van der Waals surface area contributed by atoms with Gasteiger partial charge < -0.3 is 29.9 Å². The summed E-state index contributed by atoms with van der Waals surface area (Å²) in [6.45, 7) is 6.61. The second-order valence-electron chi connectivity index (χ2n) is 10.3. The van der Waals surface area contributed by atoms with E-state index in [4.69, 9.17) is 14.6 Å². The summed E-state index contributed by atoms with van der Waals surface area (Å²) in [6.07, 6.45) is 4.28. The monoisotopic (exact) mass is 492 g/mol. The standard InChI is InChI=1S/C27H44N2O6/c1-27(2,3)35-26(33)23(31)24(34-18-9-8-17-30)25(32)29(4)16-7-5-6-15-28-22-14-13-20-11-10-12-21(20)19-22/h13-14,19,23-24,28,30-31H,5-12,15-18H2,1-4H3/t23-,24-/m1/s1. The van der Waals surface area contributed by atoms with Gasteiger partial charge >= 0.3 is 5.97 Å². The summed E-state index contributed by atoms with van der Waals surface area (Å²) in [6, 6.07) is 6.62. The third kappa shape index (κ3) is 10.2. The summed E-state index contributed by atoms with van der Waals surface area (Å²) in [5.74, 6) is -1.34. The molecule has 2 rings (SSSR count). The molecule has 0 bridgehead atoms. The first kappa shape index (κ1) is 29.1. The molecule has 0 radical (unpaired) electrons. The SMILES string of the molecule is CN(CCCCCNc1ccc2c(c1)CCC2)C(=O)[C@H](OCCCCO)[C@@H](O)C(=O)OC(C)(C)C. The summed E-state index contributed by atoms with van der Waals surface area (Å²) in [5, 5.41) is 23.0. The quantitative estimate of drug-likeness (QED) is 0.255. The fourth-order valence-electron chi connectivity index (χ4n) is 4.10. The first-order valence-electron chi connectivity index (χ1n) is 12.9. The summed E-state index contributed by atoms with van der Waals surface area (Å²) in [7, 11) is 1.65. The second-order valence-corrected chi connectivity index (χ2v) is 10.3. The van der Waals surface area contributed by atoms with Gasteiger partial charge in [0.2, 0.25) is 0 Å². The smallest absolute Gasteiger partial charge is 0.338 e. The van der Waals surface area contributed by atoms with Gasteiger partial charge in [-0.1, -0.05) is 6.07 Å². The van der Waals surface area contributed by atoms with Gasteiger partial charge in [-0.3, -0.25) is 4.79 Å². The van der Waals surface area contributed by atoms with E-state index in [1.807, 2.05) is 0 Å². The number of benzene rings is 1. The number of nitrogens with one attached hydrogen (secondary N) is 1. The zero-order valence-corrected chi connectivity index (χ0v) is 21.8. The van der Waals surface area contributed by atoms with Crippen LogP contribution in [0.2, 0.25) is 0 Å². The number of amides is 1. The lowest BCUT2D eigenvalue weighted by Gasteiger charge is -2.28. The number of hydrogen-bond acceptors (Lipinski definition) is 7. The van der Waals surface area contributed by atoms with Crippen molar-refractivity contribution in [3.05, 3.63) is 29.3 Å². The molecule has 0 fully saturated rings. The molecule has 0 saturated carbocycles. The lowest BCUT2D eigenvalue weighted by molar-refractivity contribution is -0.179. The first-order valence-corrected chi connectivity index (χ1v) is 12.9. The van der Waals surface area contributed by atoms with E-state index < -0.39 is 29.7 Å². The number of likely N-dealkylation sites (N-methyl/N-ethyl adjacent to an activating group) is 1. The van der Waals surface area contributed by atoms with Crippen molar-refractivity contribution < 1.29 is 29.3 Å².